The minimum atomic E-state index is -4.38. The van der Waals surface area contributed by atoms with E-state index < -0.39 is 11.2 Å². The molecule has 1 aromatic rings. The van der Waals surface area contributed by atoms with E-state index in [0.717, 1.165) is 0 Å². The molecule has 1 heterocycles. The first kappa shape index (κ1) is 8.25. The van der Waals surface area contributed by atoms with Crippen molar-refractivity contribution in [2.45, 2.75) is 6.18 Å². The van der Waals surface area contributed by atoms with E-state index in [-0.39, 0.29) is 6.56 Å². The average Bonchev–Trinajstić information content (AvgIpc) is 2.32. The highest BCUT2D eigenvalue weighted by molar-refractivity contribution is 7.15. The molecule has 0 saturated heterocycles. The summed E-state index contributed by atoms with van der Waals surface area (Å²) in [5.74, 6) is 0. The van der Waals surface area contributed by atoms with E-state index >= 15 is 0 Å². The van der Waals surface area contributed by atoms with Gasteiger partial charge in [0.15, 0.2) is 0 Å². The number of hydrogen-bond donors (Lipinski definition) is 1. The van der Waals surface area contributed by atoms with E-state index in [1.807, 2.05) is 0 Å². The second-order valence-electron chi connectivity index (χ2n) is 1.66. The maximum atomic E-state index is 11.8. The summed E-state index contributed by atoms with van der Waals surface area (Å²) in [5.41, 5.74) is 0. The molecule has 7 heteroatoms. The average molecular weight is 185 g/mol. The van der Waals surface area contributed by atoms with Gasteiger partial charge in [-0.25, -0.2) is 0 Å². The van der Waals surface area contributed by atoms with E-state index in [9.17, 15) is 13.2 Å². The Bertz CT molecular complexity index is 248. The second kappa shape index (κ2) is 2.65. The highest BCUT2D eigenvalue weighted by Crippen LogP contribution is 2.32. The zero-order valence-electron chi connectivity index (χ0n) is 5.44. The summed E-state index contributed by atoms with van der Waals surface area (Å²) in [7, 11) is 1.49. The fourth-order valence-electron chi connectivity index (χ4n) is 0.439. The first-order chi connectivity index (χ1) is 5.04. The van der Waals surface area contributed by atoms with Crippen molar-refractivity contribution in [2.24, 2.45) is 0 Å². The molecule has 0 amide bonds. The van der Waals surface area contributed by atoms with Crippen molar-refractivity contribution in [3.05, 3.63) is 5.01 Å². The fourth-order valence-corrected chi connectivity index (χ4v) is 1.00. The highest BCUT2D eigenvalue weighted by atomic mass is 32.1. The molecule has 0 aromatic carbocycles. The van der Waals surface area contributed by atoms with E-state index in [4.69, 9.17) is 0 Å². The molecule has 11 heavy (non-hydrogen) atoms. The van der Waals surface area contributed by atoms with Crippen LogP contribution in [0.1, 0.15) is 6.43 Å². The van der Waals surface area contributed by atoms with E-state index in [1.54, 1.807) is 0 Å². The van der Waals surface area contributed by atoms with Crippen LogP contribution in [0.4, 0.5) is 18.3 Å². The summed E-state index contributed by atoms with van der Waals surface area (Å²) >= 11 is 0.481. The minimum absolute atomic E-state index is 0. The van der Waals surface area contributed by atoms with E-state index in [1.165, 1.54) is 7.05 Å². The molecule has 0 saturated carbocycles. The number of rotatable bonds is 1. The molecule has 0 aliphatic rings. The lowest BCUT2D eigenvalue weighted by atomic mass is 10.7. The number of aromatic nitrogens is 2. The first-order valence-corrected chi connectivity index (χ1v) is 3.44. The molecule has 0 unspecified atom stereocenters. The van der Waals surface area contributed by atoms with Crippen LogP contribution >= 0.6 is 11.3 Å². The van der Waals surface area contributed by atoms with Gasteiger partial charge in [0.05, 0.1) is 0 Å². The van der Waals surface area contributed by atoms with Gasteiger partial charge in [-0.1, -0.05) is 11.3 Å². The lowest BCUT2D eigenvalue weighted by Crippen LogP contribution is -2.03. The zero-order chi connectivity index (χ0) is 8.48. The first-order valence-electron chi connectivity index (χ1n) is 2.62. The highest BCUT2D eigenvalue weighted by Gasteiger charge is 2.35. The van der Waals surface area contributed by atoms with Crippen LogP contribution in [0.3, 0.4) is 0 Å². The van der Waals surface area contributed by atoms with Crippen molar-refractivity contribution >= 4 is 16.5 Å². The van der Waals surface area contributed by atoms with Crippen LogP contribution in [0.2, 0.25) is 0 Å². The number of hydrogen-bond acceptors (Lipinski definition) is 4. The van der Waals surface area contributed by atoms with Crippen LogP contribution < -0.4 is 5.32 Å². The van der Waals surface area contributed by atoms with Gasteiger partial charge in [0, 0.05) is 8.47 Å². The van der Waals surface area contributed by atoms with Crippen molar-refractivity contribution in [3.8, 4) is 0 Å². The smallest absolute Gasteiger partial charge is 0.363 e. The molecule has 0 aliphatic carbocycles. The Morgan fingerprint density at radius 3 is 2.36 bits per heavy atom. The number of alkyl halides is 3. The van der Waals surface area contributed by atoms with Gasteiger partial charge in [-0.3, -0.25) is 0 Å². The predicted molar refractivity (Wildman–Crippen MR) is 36.6 cm³/mol. The van der Waals surface area contributed by atoms with Gasteiger partial charge >= 0.3 is 6.18 Å². The number of nitrogens with one attached hydrogen (secondary N) is 1. The van der Waals surface area contributed by atoms with Crippen LogP contribution in [-0.4, -0.2) is 17.2 Å². The number of nitrogens with zero attached hydrogens (tertiary/aromatic N) is 2. The van der Waals surface area contributed by atoms with Crippen molar-refractivity contribution in [3.63, 3.8) is 0 Å². The molecule has 0 aliphatic heterocycles. The minimum Gasteiger partial charge on any atom is -0.363 e. The molecule has 0 bridgehead atoms. The number of anilines is 1. The topological polar surface area (TPSA) is 37.8 Å². The Morgan fingerprint density at radius 1 is 1.45 bits per heavy atom. The third-order valence-corrected chi connectivity index (χ3v) is 1.87. The molecule has 64 valence electrons. The second-order valence-corrected chi connectivity index (χ2v) is 2.64. The maximum absolute atomic E-state index is 11.8. The molecule has 0 spiro atoms. The van der Waals surface area contributed by atoms with Crippen LogP contribution in [0.25, 0.3) is 0 Å². The summed E-state index contributed by atoms with van der Waals surface area (Å²) in [6.45, 7) is 0. The SMILES string of the molecule is CNc1nnc(C(F)(F)F)s1.[HH]. The van der Waals surface area contributed by atoms with Gasteiger partial charge in [0.25, 0.3) is 0 Å². The standard InChI is InChI=1S/C4H4F3N3S.H2/c1-8-3-10-9-2(11-3)4(5,6)7;/h1H3,(H,8,10);1H. The predicted octanol–water partition coefficient (Wildman–Crippen LogP) is 1.84. The third kappa shape index (κ3) is 1.79. The number of halogens is 3. The largest absolute Gasteiger partial charge is 0.445 e. The normalized spacial score (nSPS) is 11.6. The van der Waals surface area contributed by atoms with Crippen molar-refractivity contribution in [2.75, 3.05) is 12.4 Å². The molecule has 0 radical (unpaired) electrons. The molecule has 1 rings (SSSR count). The quantitative estimate of drug-likeness (QED) is 0.725. The van der Waals surface area contributed by atoms with Gasteiger partial charge < -0.3 is 5.32 Å². The summed E-state index contributed by atoms with van der Waals surface area (Å²) in [5, 5.41) is 7.88. The summed E-state index contributed by atoms with van der Waals surface area (Å²) in [6.07, 6.45) is -4.38. The van der Waals surface area contributed by atoms with Crippen LogP contribution in [0.5, 0.6) is 0 Å². The Hall–Kier alpha value is -0.850. The summed E-state index contributed by atoms with van der Waals surface area (Å²) in [6, 6.07) is 0. The van der Waals surface area contributed by atoms with E-state index in [2.05, 4.69) is 15.5 Å². The third-order valence-electron chi connectivity index (χ3n) is 0.881. The van der Waals surface area contributed by atoms with Crippen LogP contribution in [-0.2, 0) is 6.18 Å². The Labute approximate surface area is 65.7 Å². The molecule has 1 aromatic heterocycles. The molecule has 0 atom stereocenters. The Morgan fingerprint density at radius 2 is 2.09 bits per heavy atom. The van der Waals surface area contributed by atoms with Gasteiger partial charge in [-0.2, -0.15) is 13.2 Å². The van der Waals surface area contributed by atoms with Crippen molar-refractivity contribution in [1.29, 1.82) is 0 Å². The lowest BCUT2D eigenvalue weighted by Gasteiger charge is -1.97. The Balaban J connectivity index is 0.00000121. The molecular weight excluding hydrogens is 179 g/mol. The summed E-state index contributed by atoms with van der Waals surface area (Å²) in [4.78, 5) is 0. The van der Waals surface area contributed by atoms with E-state index in [0.29, 0.717) is 11.3 Å². The maximum Gasteiger partial charge on any atom is 0.445 e. The van der Waals surface area contributed by atoms with Crippen molar-refractivity contribution < 1.29 is 14.6 Å². The van der Waals surface area contributed by atoms with Gasteiger partial charge in [-0.05, 0) is 0 Å². The summed E-state index contributed by atoms with van der Waals surface area (Å²) < 4.78 is 35.5. The Kier molecular flexibility index (Phi) is 1.99. The zero-order valence-corrected chi connectivity index (χ0v) is 6.25. The van der Waals surface area contributed by atoms with Crippen LogP contribution in [0.15, 0.2) is 0 Å². The van der Waals surface area contributed by atoms with Crippen LogP contribution in [0, 0.1) is 0 Å². The fraction of sp³-hybridized carbons (Fsp3) is 0.500. The monoisotopic (exact) mass is 185 g/mol. The molecule has 3 nitrogen and oxygen atoms in total. The molecular formula is C4H6F3N3S. The lowest BCUT2D eigenvalue weighted by molar-refractivity contribution is -0.138. The van der Waals surface area contributed by atoms with Gasteiger partial charge in [0.2, 0.25) is 10.1 Å². The van der Waals surface area contributed by atoms with Crippen molar-refractivity contribution in [1.82, 2.24) is 10.2 Å². The van der Waals surface area contributed by atoms with Gasteiger partial charge in [0.1, 0.15) is 0 Å². The van der Waals surface area contributed by atoms with Gasteiger partial charge in [-0.15, -0.1) is 10.2 Å². The molecule has 1 N–H and O–H groups in total. The molecule has 0 fully saturated rings.